The molecule has 0 bridgehead atoms. The van der Waals surface area contributed by atoms with Crippen LogP contribution in [0.5, 0.6) is 0 Å². The topological polar surface area (TPSA) is 67.6 Å². The summed E-state index contributed by atoms with van der Waals surface area (Å²) in [4.78, 5) is 4.58. The normalized spacial score (nSPS) is 13.7. The fourth-order valence-corrected chi connectivity index (χ4v) is 2.36. The molecule has 1 heterocycles. The number of nitrogens with two attached hydrogens (primary N) is 1. The van der Waals surface area contributed by atoms with E-state index in [-0.39, 0.29) is 5.56 Å². The molecule has 21 heavy (non-hydrogen) atoms. The average molecular weight is 280 g/mol. The molecule has 0 spiro atoms. The molecular weight excluding hydrogens is 267 g/mol. The lowest BCUT2D eigenvalue weighted by Gasteiger charge is -2.05. The van der Waals surface area contributed by atoms with E-state index in [1.807, 2.05) is 10.6 Å². The number of nitriles is 1. The summed E-state index contributed by atoms with van der Waals surface area (Å²) in [6.45, 7) is 0.358. The van der Waals surface area contributed by atoms with Gasteiger partial charge in [-0.2, -0.15) is 5.26 Å². The second kappa shape index (κ2) is 4.96. The van der Waals surface area contributed by atoms with Crippen LogP contribution in [0.3, 0.4) is 0 Å². The van der Waals surface area contributed by atoms with Crippen molar-refractivity contribution in [2.45, 2.75) is 25.3 Å². The number of hydrogen-bond acceptors (Lipinski definition) is 3. The molecule has 4 nitrogen and oxygen atoms in total. The zero-order chi connectivity index (χ0) is 15.0. The summed E-state index contributed by atoms with van der Waals surface area (Å²) in [5, 5.41) is 8.93. The van der Waals surface area contributed by atoms with E-state index < -0.39 is 5.82 Å². The molecule has 2 N–H and O–H groups in total. The van der Waals surface area contributed by atoms with Gasteiger partial charge in [0.2, 0.25) is 0 Å². The van der Waals surface area contributed by atoms with Crippen LogP contribution in [0.2, 0.25) is 0 Å². The molecule has 0 unspecified atom stereocenters. The van der Waals surface area contributed by atoms with E-state index >= 15 is 0 Å². The Morgan fingerprint density at radius 2 is 2.24 bits per heavy atom. The standard InChI is InChI=1S/C16H13FN4/c1-2-7-21-15(19)14(20-16(21)10-3-4-10)11-5-6-13(17)12(8-11)9-18/h1,5-6,8,10H,3-4,7,19H2. The maximum atomic E-state index is 13.4. The fraction of sp³-hybridized carbons (Fsp3) is 0.250. The zero-order valence-electron chi connectivity index (χ0n) is 11.3. The molecule has 104 valence electrons. The van der Waals surface area contributed by atoms with Crippen LogP contribution in [0, 0.1) is 29.5 Å². The van der Waals surface area contributed by atoms with Crippen LogP contribution in [-0.2, 0) is 6.54 Å². The van der Waals surface area contributed by atoms with Crippen molar-refractivity contribution in [1.82, 2.24) is 9.55 Å². The van der Waals surface area contributed by atoms with Crippen LogP contribution in [0.25, 0.3) is 11.3 Å². The SMILES string of the molecule is C#CCn1c(C2CC2)nc(-c2ccc(F)c(C#N)c2)c1N. The van der Waals surface area contributed by atoms with Crippen LogP contribution < -0.4 is 5.73 Å². The van der Waals surface area contributed by atoms with Gasteiger partial charge in [-0.15, -0.1) is 6.42 Å². The van der Waals surface area contributed by atoms with E-state index in [1.165, 1.54) is 12.1 Å². The summed E-state index contributed by atoms with van der Waals surface area (Å²) in [6, 6.07) is 6.12. The Bertz CT molecular complexity index is 788. The number of aromatic nitrogens is 2. The van der Waals surface area contributed by atoms with Gasteiger partial charge in [-0.25, -0.2) is 9.37 Å². The highest BCUT2D eigenvalue weighted by Crippen LogP contribution is 2.42. The van der Waals surface area contributed by atoms with E-state index in [9.17, 15) is 4.39 Å². The van der Waals surface area contributed by atoms with Crippen molar-refractivity contribution in [2.75, 3.05) is 5.73 Å². The summed E-state index contributed by atoms with van der Waals surface area (Å²) >= 11 is 0. The predicted molar refractivity (Wildman–Crippen MR) is 77.6 cm³/mol. The Morgan fingerprint density at radius 1 is 1.48 bits per heavy atom. The summed E-state index contributed by atoms with van der Waals surface area (Å²) in [6.07, 6.45) is 7.54. The minimum absolute atomic E-state index is 0.0219. The fourth-order valence-electron chi connectivity index (χ4n) is 2.36. The van der Waals surface area contributed by atoms with Crippen molar-refractivity contribution in [3.8, 4) is 29.7 Å². The second-order valence-corrected chi connectivity index (χ2v) is 5.07. The molecule has 0 saturated heterocycles. The number of imidazole rings is 1. The number of nitrogens with zero attached hydrogens (tertiary/aromatic N) is 3. The highest BCUT2D eigenvalue weighted by Gasteiger charge is 2.30. The van der Waals surface area contributed by atoms with Gasteiger partial charge in [0.05, 0.1) is 12.1 Å². The van der Waals surface area contributed by atoms with Gasteiger partial charge in [0.1, 0.15) is 29.2 Å². The van der Waals surface area contributed by atoms with E-state index in [0.717, 1.165) is 18.7 Å². The lowest BCUT2D eigenvalue weighted by molar-refractivity contribution is 0.624. The molecule has 1 fully saturated rings. The molecule has 5 heteroatoms. The summed E-state index contributed by atoms with van der Waals surface area (Å²) in [5.41, 5.74) is 7.31. The third-order valence-electron chi connectivity index (χ3n) is 3.59. The smallest absolute Gasteiger partial charge is 0.140 e. The number of halogens is 1. The average Bonchev–Trinajstić information content (AvgIpc) is 3.27. The van der Waals surface area contributed by atoms with Crippen molar-refractivity contribution in [1.29, 1.82) is 5.26 Å². The maximum Gasteiger partial charge on any atom is 0.140 e. The summed E-state index contributed by atoms with van der Waals surface area (Å²) in [5.74, 6) is 3.76. The highest BCUT2D eigenvalue weighted by molar-refractivity contribution is 5.72. The minimum Gasteiger partial charge on any atom is -0.383 e. The van der Waals surface area contributed by atoms with Gasteiger partial charge in [0.15, 0.2) is 0 Å². The molecule has 0 atom stereocenters. The molecule has 3 rings (SSSR count). The van der Waals surface area contributed by atoms with Crippen molar-refractivity contribution in [3.63, 3.8) is 0 Å². The maximum absolute atomic E-state index is 13.4. The Morgan fingerprint density at radius 3 is 2.86 bits per heavy atom. The molecule has 1 saturated carbocycles. The first-order valence-corrected chi connectivity index (χ1v) is 6.65. The number of rotatable bonds is 3. The first-order chi connectivity index (χ1) is 10.2. The monoisotopic (exact) mass is 280 g/mol. The molecule has 1 aliphatic carbocycles. The van der Waals surface area contributed by atoms with E-state index in [2.05, 4.69) is 10.9 Å². The van der Waals surface area contributed by atoms with Crippen LogP contribution in [0.1, 0.15) is 30.1 Å². The van der Waals surface area contributed by atoms with E-state index in [4.69, 9.17) is 17.4 Å². The Labute approximate surface area is 122 Å². The lowest BCUT2D eigenvalue weighted by atomic mass is 10.1. The van der Waals surface area contributed by atoms with E-state index in [0.29, 0.717) is 29.5 Å². The molecule has 1 aliphatic rings. The highest BCUT2D eigenvalue weighted by atomic mass is 19.1. The van der Waals surface area contributed by atoms with Gasteiger partial charge in [0.25, 0.3) is 0 Å². The first-order valence-electron chi connectivity index (χ1n) is 6.65. The summed E-state index contributed by atoms with van der Waals surface area (Å²) in [7, 11) is 0. The van der Waals surface area contributed by atoms with Crippen LogP contribution in [0.15, 0.2) is 18.2 Å². The third kappa shape index (κ3) is 2.23. The number of terminal acetylenes is 1. The van der Waals surface area contributed by atoms with Crippen LogP contribution in [-0.4, -0.2) is 9.55 Å². The van der Waals surface area contributed by atoms with E-state index in [1.54, 1.807) is 6.07 Å². The Balaban J connectivity index is 2.13. The molecule has 1 aromatic carbocycles. The van der Waals surface area contributed by atoms with Gasteiger partial charge in [-0.1, -0.05) is 5.92 Å². The number of benzene rings is 1. The predicted octanol–water partition coefficient (Wildman–Crippen LogP) is 2.65. The molecule has 1 aromatic heterocycles. The zero-order valence-corrected chi connectivity index (χ0v) is 11.3. The Hall–Kier alpha value is -2.79. The lowest BCUT2D eigenvalue weighted by Crippen LogP contribution is -2.05. The van der Waals surface area contributed by atoms with Crippen molar-refractivity contribution in [2.24, 2.45) is 0 Å². The van der Waals surface area contributed by atoms with Gasteiger partial charge >= 0.3 is 0 Å². The third-order valence-corrected chi connectivity index (χ3v) is 3.59. The molecule has 0 radical (unpaired) electrons. The summed E-state index contributed by atoms with van der Waals surface area (Å²) < 4.78 is 15.2. The number of hydrogen-bond donors (Lipinski definition) is 1. The molecular formula is C16H13FN4. The molecule has 2 aromatic rings. The van der Waals surface area contributed by atoms with Crippen LogP contribution in [0.4, 0.5) is 10.2 Å². The van der Waals surface area contributed by atoms with Crippen molar-refractivity contribution in [3.05, 3.63) is 35.4 Å². The molecule has 0 amide bonds. The van der Waals surface area contributed by atoms with Gasteiger partial charge in [-0.05, 0) is 31.0 Å². The second-order valence-electron chi connectivity index (χ2n) is 5.07. The van der Waals surface area contributed by atoms with Gasteiger partial charge < -0.3 is 10.3 Å². The van der Waals surface area contributed by atoms with Crippen molar-refractivity contribution >= 4 is 5.82 Å². The van der Waals surface area contributed by atoms with Crippen LogP contribution >= 0.6 is 0 Å². The van der Waals surface area contributed by atoms with Crippen molar-refractivity contribution < 1.29 is 4.39 Å². The Kier molecular flexibility index (Phi) is 3.12. The largest absolute Gasteiger partial charge is 0.383 e. The minimum atomic E-state index is -0.551. The number of nitrogen functional groups attached to an aromatic ring is 1. The number of anilines is 1. The van der Waals surface area contributed by atoms with Gasteiger partial charge in [0, 0.05) is 11.5 Å². The first kappa shape index (κ1) is 13.2. The van der Waals surface area contributed by atoms with Gasteiger partial charge in [-0.3, -0.25) is 0 Å². The quantitative estimate of drug-likeness (QED) is 0.879. The molecule has 0 aliphatic heterocycles.